The summed E-state index contributed by atoms with van der Waals surface area (Å²) < 4.78 is 2.74. The first kappa shape index (κ1) is 22.1. The number of aromatic nitrogens is 3. The quantitative estimate of drug-likeness (QED) is 0.373. The number of aromatic hydroxyl groups is 1. The van der Waals surface area contributed by atoms with Crippen LogP contribution in [0.15, 0.2) is 17.1 Å². The normalized spacial score (nSPS) is 21.2. The van der Waals surface area contributed by atoms with Gasteiger partial charge in [-0.05, 0) is 38.2 Å². The fraction of sp³-hybridized carbons (Fsp3) is 0.545. The molecule has 2 aliphatic rings. The Kier molecular flexibility index (Phi) is 5.58. The van der Waals surface area contributed by atoms with E-state index in [9.17, 15) is 24.6 Å². The number of nitrogens with zero attached hydrogens (tertiary/aromatic N) is 3. The first-order valence-corrected chi connectivity index (χ1v) is 11.0. The Morgan fingerprint density at radius 3 is 2.72 bits per heavy atom. The predicted molar refractivity (Wildman–Crippen MR) is 116 cm³/mol. The van der Waals surface area contributed by atoms with Crippen molar-refractivity contribution in [1.82, 2.24) is 19.8 Å². The zero-order valence-corrected chi connectivity index (χ0v) is 18.6. The molecule has 2 fully saturated rings. The molecule has 1 saturated heterocycles. The zero-order chi connectivity index (χ0) is 23.2. The van der Waals surface area contributed by atoms with E-state index in [0.29, 0.717) is 30.7 Å². The average Bonchev–Trinajstić information content (AvgIpc) is 3.29. The second-order valence-corrected chi connectivity index (χ2v) is 9.48. The third kappa shape index (κ3) is 4.27. The molecule has 0 aromatic carbocycles. The van der Waals surface area contributed by atoms with Gasteiger partial charge in [-0.1, -0.05) is 18.4 Å². The highest BCUT2D eigenvalue weighted by Crippen LogP contribution is 2.22. The second kappa shape index (κ2) is 8.09. The van der Waals surface area contributed by atoms with E-state index >= 15 is 0 Å². The Morgan fingerprint density at radius 2 is 2.12 bits per heavy atom. The Morgan fingerprint density at radius 1 is 1.41 bits per heavy atom. The molecular formula is C22H30N5O5+. The van der Waals surface area contributed by atoms with Crippen LogP contribution in [0.3, 0.4) is 0 Å². The van der Waals surface area contributed by atoms with Crippen molar-refractivity contribution in [2.24, 2.45) is 5.92 Å². The highest BCUT2D eigenvalue weighted by molar-refractivity contribution is 5.96. The van der Waals surface area contributed by atoms with Gasteiger partial charge in [0, 0.05) is 25.2 Å². The maximum absolute atomic E-state index is 13.0. The van der Waals surface area contributed by atoms with E-state index in [4.69, 9.17) is 0 Å². The predicted octanol–water partition coefficient (Wildman–Crippen LogP) is 0.165. The molecule has 0 spiro atoms. The van der Waals surface area contributed by atoms with Gasteiger partial charge in [0.15, 0.2) is 0 Å². The lowest BCUT2D eigenvalue weighted by atomic mass is 10.1. The first-order chi connectivity index (χ1) is 15.1. The van der Waals surface area contributed by atoms with Crippen LogP contribution in [-0.4, -0.2) is 61.3 Å². The van der Waals surface area contributed by atoms with Gasteiger partial charge in [0.1, 0.15) is 0 Å². The summed E-state index contributed by atoms with van der Waals surface area (Å²) in [6.07, 6.45) is 6.75. The van der Waals surface area contributed by atoms with Crippen molar-refractivity contribution in [2.75, 3.05) is 13.1 Å². The number of hydrogen-bond donors (Lipinski definition) is 4. The van der Waals surface area contributed by atoms with Crippen LogP contribution < -0.4 is 15.4 Å². The Bertz CT molecular complexity index is 1160. The van der Waals surface area contributed by atoms with Crippen LogP contribution in [0.2, 0.25) is 0 Å². The number of carbonyl (C=O) groups excluding carboxylic acids is 2. The maximum atomic E-state index is 13.0. The summed E-state index contributed by atoms with van der Waals surface area (Å²) in [4.78, 5) is 39.8. The summed E-state index contributed by atoms with van der Waals surface area (Å²) in [5.41, 5.74) is -0.964. The molecular weight excluding hydrogens is 414 g/mol. The zero-order valence-electron chi connectivity index (χ0n) is 18.6. The molecule has 1 unspecified atom stereocenters. The van der Waals surface area contributed by atoms with Gasteiger partial charge in [0.2, 0.25) is 11.5 Å². The van der Waals surface area contributed by atoms with Crippen molar-refractivity contribution in [3.63, 3.8) is 0 Å². The van der Waals surface area contributed by atoms with Crippen LogP contribution >= 0.6 is 0 Å². The molecule has 0 bridgehead atoms. The molecule has 10 heteroatoms. The standard InChI is InChI=1S/C22H29N5O5/c1-13(2)11-26-19-14(4-7-16(28)25-9-8-22(3,32)12-25)10-23-27(19)21(31)17(20(26)30)18(29)24-15-5-6-15/h4,7,10,13,15,32H,5-6,8-9,11-12H2,1-3H3,(H2,24,29,30,31)/p+1/b7-4+. The lowest BCUT2D eigenvalue weighted by Crippen LogP contribution is -2.46. The number of carbonyl (C=O) groups is 2. The van der Waals surface area contributed by atoms with E-state index in [2.05, 4.69) is 10.4 Å². The second-order valence-electron chi connectivity index (χ2n) is 9.48. The molecule has 2 aromatic rings. The van der Waals surface area contributed by atoms with E-state index in [0.717, 1.165) is 12.8 Å². The molecule has 2 amide bonds. The fourth-order valence-electron chi connectivity index (χ4n) is 4.01. The Balaban J connectivity index is 1.74. The third-order valence-corrected chi connectivity index (χ3v) is 5.83. The summed E-state index contributed by atoms with van der Waals surface area (Å²) in [7, 11) is 0. The van der Waals surface area contributed by atoms with Crippen LogP contribution in [0.4, 0.5) is 0 Å². The minimum absolute atomic E-state index is 0.0417. The smallest absolute Gasteiger partial charge is 0.378 e. The van der Waals surface area contributed by atoms with Gasteiger partial charge in [-0.25, -0.2) is 9.89 Å². The molecule has 0 radical (unpaired) electrons. The highest BCUT2D eigenvalue weighted by atomic mass is 16.3. The SMILES string of the molecule is CC(C)C[n+]1c(O)c(C(=O)NC2CC2)c(=O)n2[nH]cc(/C=C/C(=O)N3CCC(C)(O)C3)c21. The van der Waals surface area contributed by atoms with Gasteiger partial charge in [-0.15, -0.1) is 0 Å². The van der Waals surface area contributed by atoms with E-state index in [1.807, 2.05) is 13.8 Å². The lowest BCUT2D eigenvalue weighted by molar-refractivity contribution is -0.686. The van der Waals surface area contributed by atoms with Crippen molar-refractivity contribution in [2.45, 2.75) is 58.2 Å². The summed E-state index contributed by atoms with van der Waals surface area (Å²) in [5.74, 6) is -1.11. The largest absolute Gasteiger partial charge is 0.477 e. The van der Waals surface area contributed by atoms with Crippen molar-refractivity contribution >= 4 is 23.5 Å². The Labute approximate surface area is 185 Å². The number of nitrogens with one attached hydrogen (secondary N) is 2. The van der Waals surface area contributed by atoms with Gasteiger partial charge in [0.05, 0.1) is 23.9 Å². The van der Waals surface area contributed by atoms with Crippen LogP contribution in [0.25, 0.3) is 11.7 Å². The molecule has 172 valence electrons. The summed E-state index contributed by atoms with van der Waals surface area (Å²) in [5, 5.41) is 26.6. The van der Waals surface area contributed by atoms with Gasteiger partial charge in [0.25, 0.3) is 5.91 Å². The van der Waals surface area contributed by atoms with E-state index in [1.165, 1.54) is 15.2 Å². The lowest BCUT2D eigenvalue weighted by Gasteiger charge is -2.17. The molecule has 1 aliphatic carbocycles. The number of rotatable bonds is 6. The maximum Gasteiger partial charge on any atom is 0.378 e. The number of β-amino-alcohol motifs (C(OH)–C–C–N with tert-alkyl or cyclic N) is 1. The van der Waals surface area contributed by atoms with Gasteiger partial charge < -0.3 is 20.4 Å². The van der Waals surface area contributed by atoms with E-state index < -0.39 is 22.9 Å². The highest BCUT2D eigenvalue weighted by Gasteiger charge is 2.35. The molecule has 10 nitrogen and oxygen atoms in total. The van der Waals surface area contributed by atoms with E-state index in [1.54, 1.807) is 24.1 Å². The molecule has 4 N–H and O–H groups in total. The van der Waals surface area contributed by atoms with Crippen molar-refractivity contribution in [1.29, 1.82) is 0 Å². The van der Waals surface area contributed by atoms with Crippen LogP contribution in [-0.2, 0) is 11.3 Å². The van der Waals surface area contributed by atoms with Crippen molar-refractivity contribution in [3.8, 4) is 5.88 Å². The van der Waals surface area contributed by atoms with E-state index in [-0.39, 0.29) is 30.0 Å². The number of amides is 2. The first-order valence-electron chi connectivity index (χ1n) is 11.0. The molecule has 4 rings (SSSR count). The van der Waals surface area contributed by atoms with Crippen LogP contribution in [0.5, 0.6) is 5.88 Å². The van der Waals surface area contributed by atoms with Gasteiger partial charge >= 0.3 is 17.1 Å². The summed E-state index contributed by atoms with van der Waals surface area (Å²) in [6.45, 7) is 6.71. The van der Waals surface area contributed by atoms with Crippen LogP contribution in [0.1, 0.15) is 56.0 Å². The topological polar surface area (TPSA) is 131 Å². The van der Waals surface area contributed by atoms with Gasteiger partial charge in [-0.3, -0.25) is 9.59 Å². The minimum atomic E-state index is -0.888. The van der Waals surface area contributed by atoms with Crippen molar-refractivity contribution in [3.05, 3.63) is 33.8 Å². The monoisotopic (exact) mass is 444 g/mol. The Hall–Kier alpha value is -3.14. The molecule has 32 heavy (non-hydrogen) atoms. The number of aromatic amines is 1. The number of likely N-dealkylation sites (tertiary alicyclic amines) is 1. The average molecular weight is 445 g/mol. The molecule has 2 aromatic heterocycles. The number of fused-ring (bicyclic) bond motifs is 1. The van der Waals surface area contributed by atoms with Crippen LogP contribution in [0, 0.1) is 5.92 Å². The van der Waals surface area contributed by atoms with Crippen molar-refractivity contribution < 1.29 is 24.4 Å². The molecule has 1 saturated carbocycles. The number of aliphatic hydroxyl groups is 1. The summed E-state index contributed by atoms with van der Waals surface area (Å²) >= 11 is 0. The van der Waals surface area contributed by atoms with Gasteiger partial charge in [-0.2, -0.15) is 4.57 Å². The molecule has 3 heterocycles. The summed E-state index contributed by atoms with van der Waals surface area (Å²) in [6, 6.07) is 0.0417. The number of hydrogen-bond acceptors (Lipinski definition) is 5. The fourth-order valence-corrected chi connectivity index (χ4v) is 4.01. The minimum Gasteiger partial charge on any atom is -0.477 e. The number of H-pyrrole nitrogens is 1. The molecule has 1 aliphatic heterocycles. The third-order valence-electron chi connectivity index (χ3n) is 5.83. The molecule has 1 atom stereocenters.